The van der Waals surface area contributed by atoms with Crippen LogP contribution in [-0.2, 0) is 17.8 Å². The normalized spacial score (nSPS) is 18.9. The highest BCUT2D eigenvalue weighted by Gasteiger charge is 2.24. The Hall–Kier alpha value is -3.00. The number of anilines is 3. The molecular formula is C24H31FN6O. The summed E-state index contributed by atoms with van der Waals surface area (Å²) in [6.07, 6.45) is 5.17. The minimum Gasteiger partial charge on any atom is -0.363 e. The van der Waals surface area contributed by atoms with Gasteiger partial charge in [-0.05, 0) is 62.4 Å². The molecule has 4 rings (SSSR count). The van der Waals surface area contributed by atoms with Crippen LogP contribution < -0.4 is 10.6 Å². The van der Waals surface area contributed by atoms with Crippen LogP contribution in [0, 0.1) is 5.82 Å². The maximum absolute atomic E-state index is 14.4. The largest absolute Gasteiger partial charge is 0.363 e. The van der Waals surface area contributed by atoms with Crippen molar-refractivity contribution in [3.63, 3.8) is 0 Å². The molecule has 0 radical (unpaired) electrons. The van der Waals surface area contributed by atoms with Crippen LogP contribution >= 0.6 is 0 Å². The van der Waals surface area contributed by atoms with Gasteiger partial charge in [-0.2, -0.15) is 4.98 Å². The van der Waals surface area contributed by atoms with Crippen LogP contribution in [-0.4, -0.2) is 57.4 Å². The van der Waals surface area contributed by atoms with Crippen molar-refractivity contribution in [2.24, 2.45) is 0 Å². The number of halogens is 1. The van der Waals surface area contributed by atoms with Crippen molar-refractivity contribution in [3.05, 3.63) is 54.0 Å². The first-order valence-electron chi connectivity index (χ1n) is 11.3. The molecule has 0 bridgehead atoms. The summed E-state index contributed by atoms with van der Waals surface area (Å²) in [5.74, 6) is -0.137. The Labute approximate surface area is 188 Å². The summed E-state index contributed by atoms with van der Waals surface area (Å²) in [5.41, 5.74) is 3.55. The molecule has 0 aliphatic carbocycles. The molecule has 8 heteroatoms. The number of fused-ring (bicyclic) bond motifs is 1. The minimum atomic E-state index is -0.512. The fourth-order valence-corrected chi connectivity index (χ4v) is 4.37. The molecule has 3 heterocycles. The van der Waals surface area contributed by atoms with Crippen LogP contribution in [0.4, 0.5) is 21.8 Å². The number of piperidine rings is 1. The van der Waals surface area contributed by atoms with E-state index in [1.807, 2.05) is 6.07 Å². The van der Waals surface area contributed by atoms with E-state index in [1.165, 1.54) is 23.4 Å². The zero-order valence-corrected chi connectivity index (χ0v) is 18.8. The van der Waals surface area contributed by atoms with Gasteiger partial charge in [-0.15, -0.1) is 0 Å². The fourth-order valence-electron chi connectivity index (χ4n) is 4.37. The topological polar surface area (TPSA) is 73.4 Å². The zero-order valence-electron chi connectivity index (χ0n) is 18.8. The maximum Gasteiger partial charge on any atom is 0.246 e. The molecule has 0 saturated carbocycles. The molecule has 1 atom stereocenters. The molecule has 7 nitrogen and oxygen atoms in total. The number of benzene rings is 1. The number of rotatable bonds is 6. The molecule has 2 aromatic rings. The van der Waals surface area contributed by atoms with Gasteiger partial charge in [-0.1, -0.05) is 12.6 Å². The Kier molecular flexibility index (Phi) is 6.69. The second-order valence-corrected chi connectivity index (χ2v) is 8.78. The molecule has 1 amide bonds. The van der Waals surface area contributed by atoms with Crippen molar-refractivity contribution < 1.29 is 9.18 Å². The second kappa shape index (κ2) is 9.65. The van der Waals surface area contributed by atoms with Crippen LogP contribution in [0.1, 0.15) is 37.8 Å². The first-order chi connectivity index (χ1) is 15.4. The van der Waals surface area contributed by atoms with E-state index in [4.69, 9.17) is 0 Å². The Morgan fingerprint density at radius 1 is 1.31 bits per heavy atom. The van der Waals surface area contributed by atoms with Gasteiger partial charge in [-0.3, -0.25) is 9.69 Å². The summed E-state index contributed by atoms with van der Waals surface area (Å²) in [6, 6.07) is 6.75. The molecule has 170 valence electrons. The Balaban J connectivity index is 1.44. The second-order valence-electron chi connectivity index (χ2n) is 8.78. The van der Waals surface area contributed by atoms with Crippen LogP contribution in [0.3, 0.4) is 0 Å². The van der Waals surface area contributed by atoms with Gasteiger partial charge >= 0.3 is 0 Å². The number of carbonyl (C=O) groups is 1. The molecule has 2 aliphatic heterocycles. The summed E-state index contributed by atoms with van der Waals surface area (Å²) in [6.45, 7) is 11.2. The van der Waals surface area contributed by atoms with E-state index in [0.717, 1.165) is 38.0 Å². The minimum absolute atomic E-state index is 0.0717. The van der Waals surface area contributed by atoms with Gasteiger partial charge in [0.15, 0.2) is 11.6 Å². The van der Waals surface area contributed by atoms with Crippen LogP contribution in [0.2, 0.25) is 0 Å². The molecule has 1 aromatic heterocycles. The summed E-state index contributed by atoms with van der Waals surface area (Å²) >= 11 is 0. The zero-order chi connectivity index (χ0) is 22.7. The summed E-state index contributed by atoms with van der Waals surface area (Å²) in [7, 11) is 0. The van der Waals surface area contributed by atoms with Crippen molar-refractivity contribution in [1.29, 1.82) is 0 Å². The first-order valence-corrected chi connectivity index (χ1v) is 11.3. The van der Waals surface area contributed by atoms with Crippen LogP contribution in [0.5, 0.6) is 0 Å². The molecule has 32 heavy (non-hydrogen) atoms. The van der Waals surface area contributed by atoms with Crippen molar-refractivity contribution in [3.8, 4) is 0 Å². The molecule has 2 N–H and O–H groups in total. The monoisotopic (exact) mass is 438 g/mol. The summed E-state index contributed by atoms with van der Waals surface area (Å²) in [4.78, 5) is 24.6. The van der Waals surface area contributed by atoms with Gasteiger partial charge in [-0.25, -0.2) is 9.37 Å². The average molecular weight is 439 g/mol. The van der Waals surface area contributed by atoms with Crippen LogP contribution in [0.25, 0.3) is 0 Å². The van der Waals surface area contributed by atoms with Gasteiger partial charge < -0.3 is 15.5 Å². The number of carbonyl (C=O) groups excluding carboxylic acids is 1. The highest BCUT2D eigenvalue weighted by atomic mass is 19.1. The van der Waals surface area contributed by atoms with E-state index in [9.17, 15) is 9.18 Å². The van der Waals surface area contributed by atoms with Gasteiger partial charge in [0.2, 0.25) is 11.9 Å². The average Bonchev–Trinajstić information content (AvgIpc) is 2.80. The van der Waals surface area contributed by atoms with E-state index >= 15 is 0 Å². The lowest BCUT2D eigenvalue weighted by Gasteiger charge is -2.32. The smallest absolute Gasteiger partial charge is 0.246 e. The molecule has 1 saturated heterocycles. The number of amides is 1. The predicted molar refractivity (Wildman–Crippen MR) is 124 cm³/mol. The first kappa shape index (κ1) is 22.2. The number of hydrogen-bond donors (Lipinski definition) is 2. The SMILES string of the molecule is C=CC(=O)N1CCC[C@@H](Nc2nc(Nc3ccc4c(c3)CCN(C(C)C)C4)ncc2F)C1. The number of likely N-dealkylation sites (tertiary alicyclic amines) is 1. The third kappa shape index (κ3) is 5.07. The van der Waals surface area contributed by atoms with Gasteiger partial charge in [0, 0.05) is 44.0 Å². The van der Waals surface area contributed by atoms with Crippen molar-refractivity contribution in [2.75, 3.05) is 30.3 Å². The van der Waals surface area contributed by atoms with Crippen molar-refractivity contribution in [1.82, 2.24) is 19.8 Å². The summed E-state index contributed by atoms with van der Waals surface area (Å²) in [5, 5.41) is 6.36. The van der Waals surface area contributed by atoms with Gasteiger partial charge in [0.25, 0.3) is 0 Å². The maximum atomic E-state index is 14.4. The Morgan fingerprint density at radius 2 is 2.16 bits per heavy atom. The van der Waals surface area contributed by atoms with E-state index in [2.05, 4.69) is 58.1 Å². The lowest BCUT2D eigenvalue weighted by Crippen LogP contribution is -2.44. The fraction of sp³-hybridized carbons (Fsp3) is 0.458. The molecule has 0 spiro atoms. The van der Waals surface area contributed by atoms with E-state index in [1.54, 1.807) is 4.90 Å². The highest BCUT2D eigenvalue weighted by Crippen LogP contribution is 2.26. The number of nitrogens with one attached hydrogen (secondary N) is 2. The molecule has 1 fully saturated rings. The van der Waals surface area contributed by atoms with Crippen molar-refractivity contribution >= 4 is 23.4 Å². The number of aromatic nitrogens is 2. The quantitative estimate of drug-likeness (QED) is 0.670. The Bertz CT molecular complexity index is 994. The summed E-state index contributed by atoms with van der Waals surface area (Å²) < 4.78 is 14.4. The van der Waals surface area contributed by atoms with E-state index in [0.29, 0.717) is 25.1 Å². The molecule has 2 aliphatic rings. The lowest BCUT2D eigenvalue weighted by molar-refractivity contribution is -0.127. The lowest BCUT2D eigenvalue weighted by atomic mass is 9.98. The van der Waals surface area contributed by atoms with E-state index < -0.39 is 5.82 Å². The molecule has 0 unspecified atom stereocenters. The van der Waals surface area contributed by atoms with Crippen LogP contribution in [0.15, 0.2) is 37.1 Å². The number of nitrogens with zero attached hydrogens (tertiary/aromatic N) is 4. The third-order valence-corrected chi connectivity index (χ3v) is 6.23. The predicted octanol–water partition coefficient (Wildman–Crippen LogP) is 3.71. The molecule has 1 aromatic carbocycles. The standard InChI is InChI=1S/C24H31FN6O/c1-4-22(32)31-10-5-6-20(15-31)27-23-21(25)13-26-24(29-23)28-19-8-7-18-14-30(16(2)3)11-9-17(18)12-19/h4,7-8,12-13,16,20H,1,5-6,9-11,14-15H2,2-3H3,(H2,26,27,28,29)/t20-/m1/s1. The molecular weight excluding hydrogens is 407 g/mol. The number of hydrogen-bond acceptors (Lipinski definition) is 6. The van der Waals surface area contributed by atoms with Gasteiger partial charge in [0.1, 0.15) is 0 Å². The van der Waals surface area contributed by atoms with Gasteiger partial charge in [0.05, 0.1) is 6.20 Å². The van der Waals surface area contributed by atoms with Crippen molar-refractivity contribution in [2.45, 2.75) is 51.7 Å². The highest BCUT2D eigenvalue weighted by molar-refractivity contribution is 5.87. The Morgan fingerprint density at radius 3 is 2.94 bits per heavy atom. The third-order valence-electron chi connectivity index (χ3n) is 6.23. The van der Waals surface area contributed by atoms with E-state index in [-0.39, 0.29) is 17.8 Å².